The van der Waals surface area contributed by atoms with Crippen LogP contribution in [-0.2, 0) is 29.0 Å². The lowest BCUT2D eigenvalue weighted by atomic mass is 10.0. The molecule has 0 radical (unpaired) electrons. The fourth-order valence-corrected chi connectivity index (χ4v) is 4.20. The van der Waals surface area contributed by atoms with Gasteiger partial charge in [0.2, 0.25) is 11.8 Å². The van der Waals surface area contributed by atoms with E-state index < -0.39 is 6.04 Å². The van der Waals surface area contributed by atoms with Gasteiger partial charge in [0.1, 0.15) is 6.04 Å². The van der Waals surface area contributed by atoms with Crippen molar-refractivity contribution >= 4 is 35.0 Å². The molecule has 0 saturated carbocycles. The lowest BCUT2D eigenvalue weighted by Gasteiger charge is -2.32. The van der Waals surface area contributed by atoms with Gasteiger partial charge >= 0.3 is 0 Å². The molecule has 172 valence electrons. The van der Waals surface area contributed by atoms with Gasteiger partial charge in [0.25, 0.3) is 0 Å². The van der Waals surface area contributed by atoms with Crippen molar-refractivity contribution in [3.63, 3.8) is 0 Å². The van der Waals surface area contributed by atoms with E-state index in [-0.39, 0.29) is 24.3 Å². The van der Waals surface area contributed by atoms with Crippen molar-refractivity contribution in [1.29, 1.82) is 0 Å². The minimum Gasteiger partial charge on any atom is -0.352 e. The van der Waals surface area contributed by atoms with Crippen molar-refractivity contribution in [3.8, 4) is 0 Å². The van der Waals surface area contributed by atoms with E-state index in [2.05, 4.69) is 5.32 Å². The highest BCUT2D eigenvalue weighted by molar-refractivity contribution is 6.36. The summed E-state index contributed by atoms with van der Waals surface area (Å²) in [6.45, 7) is 4.11. The number of nitrogens with one attached hydrogen (secondary N) is 1. The highest BCUT2D eigenvalue weighted by atomic mass is 35.5. The van der Waals surface area contributed by atoms with Crippen molar-refractivity contribution in [2.75, 3.05) is 0 Å². The van der Waals surface area contributed by atoms with Gasteiger partial charge in [-0.25, -0.2) is 0 Å². The van der Waals surface area contributed by atoms with E-state index in [0.717, 1.165) is 11.1 Å². The van der Waals surface area contributed by atoms with Crippen molar-refractivity contribution in [2.45, 2.75) is 45.3 Å². The fraction of sp³-hybridized carbons (Fsp3) is 0.259. The molecule has 0 aromatic heterocycles. The molecule has 4 nitrogen and oxygen atoms in total. The number of carbonyl (C=O) groups is 2. The van der Waals surface area contributed by atoms with E-state index in [4.69, 9.17) is 23.2 Å². The minimum atomic E-state index is -0.691. The summed E-state index contributed by atoms with van der Waals surface area (Å²) in [4.78, 5) is 28.6. The number of hydrogen-bond donors (Lipinski definition) is 1. The van der Waals surface area contributed by atoms with Gasteiger partial charge in [0.05, 0.1) is 6.42 Å². The van der Waals surface area contributed by atoms with Crippen LogP contribution in [0, 0.1) is 0 Å². The molecule has 3 aromatic carbocycles. The number of benzene rings is 3. The first-order valence-corrected chi connectivity index (χ1v) is 11.7. The van der Waals surface area contributed by atoms with Crippen LogP contribution in [0.3, 0.4) is 0 Å². The second-order valence-electron chi connectivity index (χ2n) is 8.25. The number of rotatable bonds is 9. The van der Waals surface area contributed by atoms with Crippen LogP contribution in [0.15, 0.2) is 78.9 Å². The fourth-order valence-electron chi connectivity index (χ4n) is 3.67. The molecule has 0 saturated heterocycles. The Balaban J connectivity index is 1.99. The molecular formula is C27H28Cl2N2O2. The summed E-state index contributed by atoms with van der Waals surface area (Å²) in [7, 11) is 0. The average molecular weight is 483 g/mol. The van der Waals surface area contributed by atoms with E-state index >= 15 is 0 Å². The Labute approximate surface area is 205 Å². The summed E-state index contributed by atoms with van der Waals surface area (Å²) in [5, 5.41) is 3.85. The van der Waals surface area contributed by atoms with E-state index in [1.165, 1.54) is 0 Å². The van der Waals surface area contributed by atoms with E-state index in [9.17, 15) is 9.59 Å². The summed E-state index contributed by atoms with van der Waals surface area (Å²) < 4.78 is 0. The SMILES string of the molecule is CC(C)NC(=O)[C@H](Cc1ccccc1)N(Cc1ccccc1)C(=O)Cc1c(Cl)cccc1Cl. The predicted molar refractivity (Wildman–Crippen MR) is 134 cm³/mol. The van der Waals surface area contributed by atoms with Gasteiger partial charge in [-0.2, -0.15) is 0 Å². The molecule has 0 aliphatic carbocycles. The largest absolute Gasteiger partial charge is 0.352 e. The maximum atomic E-state index is 13.7. The molecule has 3 aromatic rings. The Morgan fingerprint density at radius 3 is 1.91 bits per heavy atom. The van der Waals surface area contributed by atoms with E-state index in [1.54, 1.807) is 23.1 Å². The molecular weight excluding hydrogens is 455 g/mol. The van der Waals surface area contributed by atoms with Gasteiger partial charge in [-0.05, 0) is 42.7 Å². The normalized spacial score (nSPS) is 11.8. The molecule has 0 bridgehead atoms. The van der Waals surface area contributed by atoms with E-state index in [0.29, 0.717) is 28.6 Å². The monoisotopic (exact) mass is 482 g/mol. The summed E-state index contributed by atoms with van der Waals surface area (Å²) in [5.74, 6) is -0.405. The lowest BCUT2D eigenvalue weighted by Crippen LogP contribution is -2.52. The summed E-state index contributed by atoms with van der Waals surface area (Å²) >= 11 is 12.7. The maximum Gasteiger partial charge on any atom is 0.243 e. The lowest BCUT2D eigenvalue weighted by molar-refractivity contribution is -0.141. The molecule has 0 spiro atoms. The van der Waals surface area contributed by atoms with Crippen LogP contribution in [0.4, 0.5) is 0 Å². The number of halogens is 2. The summed E-state index contributed by atoms with van der Waals surface area (Å²) in [6, 6.07) is 23.8. The molecule has 0 aliphatic rings. The van der Waals surface area contributed by atoms with Gasteiger partial charge in [0, 0.05) is 29.1 Å². The van der Waals surface area contributed by atoms with E-state index in [1.807, 2.05) is 74.5 Å². The molecule has 3 rings (SSSR count). The Morgan fingerprint density at radius 2 is 1.36 bits per heavy atom. The number of hydrogen-bond acceptors (Lipinski definition) is 2. The van der Waals surface area contributed by atoms with Gasteiger partial charge in [-0.1, -0.05) is 89.9 Å². The number of carbonyl (C=O) groups excluding carboxylic acids is 2. The van der Waals surface area contributed by atoms with Crippen LogP contribution >= 0.6 is 23.2 Å². The third-order valence-electron chi connectivity index (χ3n) is 5.29. The maximum absolute atomic E-state index is 13.7. The number of amides is 2. The quantitative estimate of drug-likeness (QED) is 0.425. The van der Waals surface area contributed by atoms with Crippen molar-refractivity contribution in [3.05, 3.63) is 106 Å². The van der Waals surface area contributed by atoms with Crippen LogP contribution in [0.5, 0.6) is 0 Å². The second-order valence-corrected chi connectivity index (χ2v) is 9.07. The minimum absolute atomic E-state index is 0.00554. The Morgan fingerprint density at radius 1 is 0.818 bits per heavy atom. The highest BCUT2D eigenvalue weighted by Crippen LogP contribution is 2.26. The molecule has 0 heterocycles. The van der Waals surface area contributed by atoms with Gasteiger partial charge < -0.3 is 10.2 Å². The first kappa shape index (κ1) is 24.8. The van der Waals surface area contributed by atoms with Crippen LogP contribution in [0.25, 0.3) is 0 Å². The smallest absolute Gasteiger partial charge is 0.243 e. The predicted octanol–water partition coefficient (Wildman–Crippen LogP) is 5.70. The Kier molecular flexibility index (Phi) is 8.93. The van der Waals surface area contributed by atoms with Crippen molar-refractivity contribution in [1.82, 2.24) is 10.2 Å². The van der Waals surface area contributed by atoms with Crippen LogP contribution in [0.1, 0.15) is 30.5 Å². The molecule has 2 amide bonds. The standard InChI is InChI=1S/C27H28Cl2N2O2/c1-19(2)30-27(33)25(16-20-10-5-3-6-11-20)31(18-21-12-7-4-8-13-21)26(32)17-22-23(28)14-9-15-24(22)29/h3-15,19,25H,16-18H2,1-2H3,(H,30,33)/t25-/m0/s1. The zero-order chi connectivity index (χ0) is 23.8. The van der Waals surface area contributed by atoms with Gasteiger partial charge in [-0.3, -0.25) is 9.59 Å². The first-order chi connectivity index (χ1) is 15.8. The second kappa shape index (κ2) is 11.9. The molecule has 0 unspecified atom stereocenters. The van der Waals surface area contributed by atoms with Gasteiger partial charge in [-0.15, -0.1) is 0 Å². The average Bonchev–Trinajstić information content (AvgIpc) is 2.79. The van der Waals surface area contributed by atoms with Crippen LogP contribution in [0.2, 0.25) is 10.0 Å². The third kappa shape index (κ3) is 7.08. The van der Waals surface area contributed by atoms with Crippen molar-refractivity contribution in [2.24, 2.45) is 0 Å². The zero-order valence-electron chi connectivity index (χ0n) is 18.8. The molecule has 1 N–H and O–H groups in total. The Bertz CT molecular complexity index is 1050. The van der Waals surface area contributed by atoms with Crippen molar-refractivity contribution < 1.29 is 9.59 Å². The van der Waals surface area contributed by atoms with Crippen LogP contribution < -0.4 is 5.32 Å². The Hall–Kier alpha value is -2.82. The number of nitrogens with zero attached hydrogens (tertiary/aromatic N) is 1. The topological polar surface area (TPSA) is 49.4 Å². The summed E-state index contributed by atoms with van der Waals surface area (Å²) in [5.41, 5.74) is 2.47. The first-order valence-electron chi connectivity index (χ1n) is 11.0. The molecule has 1 atom stereocenters. The zero-order valence-corrected chi connectivity index (χ0v) is 20.3. The van der Waals surface area contributed by atoms with Crippen LogP contribution in [-0.4, -0.2) is 28.8 Å². The molecule has 33 heavy (non-hydrogen) atoms. The highest BCUT2D eigenvalue weighted by Gasteiger charge is 2.31. The molecule has 6 heteroatoms. The third-order valence-corrected chi connectivity index (χ3v) is 6.00. The molecule has 0 fully saturated rings. The van der Waals surface area contributed by atoms with Gasteiger partial charge in [0.15, 0.2) is 0 Å². The molecule has 0 aliphatic heterocycles. The summed E-state index contributed by atoms with van der Waals surface area (Å²) in [6.07, 6.45) is 0.403.